The number of nitrogens with zero attached hydrogens (tertiary/aromatic N) is 3. The standard InChI is InChI=1S/C22H24N2O5S.C21H22N2O5S/c1-23-16-21(12-13-22(23)25)30(26,27)24(14-17-4-8-19(28-2)9-5-17)15-18-6-10-20(29-3)11-7-18;1-27-18-7-3-16(4-8-18)14-23(15-17-5-9-19(28-2)10-6-17)29(25,26)20-11-12-21(24)22-13-20/h4-13,16H,14-15H2,1-3H3;3-13H,14-15H2,1-2H3,(H,22,24). The van der Waals surface area contributed by atoms with E-state index in [4.69, 9.17) is 18.9 Å². The number of nitrogens with one attached hydrogen (secondary N) is 1. The van der Waals surface area contributed by atoms with Gasteiger partial charge in [0.05, 0.1) is 38.2 Å². The Balaban J connectivity index is 0.000000224. The summed E-state index contributed by atoms with van der Waals surface area (Å²) >= 11 is 0. The molecular formula is C43H46N4O10S2. The van der Waals surface area contributed by atoms with Crippen LogP contribution in [-0.4, -0.2) is 63.4 Å². The number of rotatable bonds is 16. The van der Waals surface area contributed by atoms with Gasteiger partial charge in [-0.2, -0.15) is 8.61 Å². The van der Waals surface area contributed by atoms with Crippen molar-refractivity contribution in [2.75, 3.05) is 28.4 Å². The summed E-state index contributed by atoms with van der Waals surface area (Å²) in [4.78, 5) is 25.5. The molecule has 2 heterocycles. The van der Waals surface area contributed by atoms with Gasteiger partial charge in [-0.1, -0.05) is 48.5 Å². The predicted octanol–water partition coefficient (Wildman–Crippen LogP) is 5.58. The minimum absolute atomic E-state index is 0.0270. The molecule has 310 valence electrons. The summed E-state index contributed by atoms with van der Waals surface area (Å²) in [6.45, 7) is 0.664. The molecule has 59 heavy (non-hydrogen) atoms. The molecule has 0 amide bonds. The number of ether oxygens (including phenoxy) is 4. The Bertz CT molecular complexity index is 2510. The van der Waals surface area contributed by atoms with E-state index in [1.165, 1.54) is 56.9 Å². The molecule has 2 aromatic heterocycles. The Morgan fingerprint density at radius 1 is 0.475 bits per heavy atom. The number of benzene rings is 4. The molecule has 0 saturated heterocycles. The lowest BCUT2D eigenvalue weighted by Gasteiger charge is -2.23. The summed E-state index contributed by atoms with van der Waals surface area (Å²) < 4.78 is 78.0. The van der Waals surface area contributed by atoms with Gasteiger partial charge in [-0.05, 0) is 82.9 Å². The Hall–Kier alpha value is -6.20. The van der Waals surface area contributed by atoms with Crippen molar-refractivity contribution in [3.8, 4) is 23.0 Å². The number of sulfonamides is 2. The van der Waals surface area contributed by atoms with Gasteiger partial charge in [-0.25, -0.2) is 16.8 Å². The number of methoxy groups -OCH3 is 4. The number of H-pyrrole nitrogens is 1. The first-order chi connectivity index (χ1) is 28.2. The largest absolute Gasteiger partial charge is 0.497 e. The highest BCUT2D eigenvalue weighted by molar-refractivity contribution is 7.89. The van der Waals surface area contributed by atoms with E-state index < -0.39 is 20.0 Å². The van der Waals surface area contributed by atoms with Crippen LogP contribution < -0.4 is 30.1 Å². The SMILES string of the molecule is COc1ccc(CN(Cc2ccc(OC)cc2)S(=O)(=O)c2ccc(=O)[nH]c2)cc1.COc1ccc(CN(Cc2ccc(OC)cc2)S(=O)(=O)c2ccc(=O)n(C)c2)cc1. The average Bonchev–Trinajstić information content (AvgIpc) is 3.25. The zero-order valence-corrected chi connectivity index (χ0v) is 34.9. The second-order valence-electron chi connectivity index (χ2n) is 13.1. The van der Waals surface area contributed by atoms with Gasteiger partial charge in [0.15, 0.2) is 0 Å². The maximum Gasteiger partial charge on any atom is 0.250 e. The van der Waals surface area contributed by atoms with Crippen LogP contribution in [0.25, 0.3) is 0 Å². The van der Waals surface area contributed by atoms with Crippen LogP contribution in [-0.2, 0) is 53.3 Å². The second-order valence-corrected chi connectivity index (χ2v) is 17.0. The Morgan fingerprint density at radius 2 is 0.797 bits per heavy atom. The number of aryl methyl sites for hydroxylation is 1. The Morgan fingerprint density at radius 3 is 1.08 bits per heavy atom. The first-order valence-corrected chi connectivity index (χ1v) is 21.0. The predicted molar refractivity (Wildman–Crippen MR) is 224 cm³/mol. The second kappa shape index (κ2) is 20.0. The van der Waals surface area contributed by atoms with Crippen LogP contribution in [0, 0.1) is 0 Å². The molecule has 0 saturated carbocycles. The molecule has 0 aliphatic rings. The lowest BCUT2D eigenvalue weighted by atomic mass is 10.2. The Labute approximate surface area is 343 Å². The fourth-order valence-electron chi connectivity index (χ4n) is 5.77. The van der Waals surface area contributed by atoms with Gasteiger partial charge < -0.3 is 28.5 Å². The van der Waals surface area contributed by atoms with E-state index >= 15 is 0 Å². The highest BCUT2D eigenvalue weighted by Crippen LogP contribution is 2.25. The molecular weight excluding hydrogens is 797 g/mol. The summed E-state index contributed by atoms with van der Waals surface area (Å²) in [5, 5.41) is 0. The van der Waals surface area contributed by atoms with E-state index in [0.29, 0.717) is 23.0 Å². The van der Waals surface area contributed by atoms with Crippen molar-refractivity contribution in [1.82, 2.24) is 18.2 Å². The number of aromatic amines is 1. The molecule has 0 bridgehead atoms. The molecule has 6 rings (SSSR count). The van der Waals surface area contributed by atoms with Crippen LogP contribution in [0.4, 0.5) is 0 Å². The van der Waals surface area contributed by atoms with Crippen molar-refractivity contribution in [1.29, 1.82) is 0 Å². The molecule has 0 aliphatic carbocycles. The van der Waals surface area contributed by atoms with Gasteiger partial charge in [-0.15, -0.1) is 0 Å². The molecule has 1 N–H and O–H groups in total. The minimum Gasteiger partial charge on any atom is -0.497 e. The molecule has 16 heteroatoms. The van der Waals surface area contributed by atoms with Crippen molar-refractivity contribution in [2.24, 2.45) is 7.05 Å². The van der Waals surface area contributed by atoms with Gasteiger partial charge >= 0.3 is 0 Å². The van der Waals surface area contributed by atoms with Crippen molar-refractivity contribution >= 4 is 20.0 Å². The van der Waals surface area contributed by atoms with Gasteiger partial charge in [0.2, 0.25) is 31.2 Å². The van der Waals surface area contributed by atoms with Crippen LogP contribution >= 0.6 is 0 Å². The number of hydrogen-bond acceptors (Lipinski definition) is 10. The maximum atomic E-state index is 13.4. The molecule has 0 spiro atoms. The molecule has 4 aromatic carbocycles. The molecule has 0 atom stereocenters. The first-order valence-electron chi connectivity index (χ1n) is 18.1. The van der Waals surface area contributed by atoms with Crippen LogP contribution in [0.5, 0.6) is 23.0 Å². The molecule has 0 fully saturated rings. The van der Waals surface area contributed by atoms with Crippen molar-refractivity contribution in [2.45, 2.75) is 36.0 Å². The van der Waals surface area contributed by atoms with Crippen LogP contribution in [0.1, 0.15) is 22.3 Å². The third-order valence-corrected chi connectivity index (χ3v) is 12.7. The topological polar surface area (TPSA) is 167 Å². The summed E-state index contributed by atoms with van der Waals surface area (Å²) in [5.41, 5.74) is 2.63. The smallest absolute Gasteiger partial charge is 0.250 e. The van der Waals surface area contributed by atoms with Crippen molar-refractivity contribution < 1.29 is 35.8 Å². The van der Waals surface area contributed by atoms with E-state index in [0.717, 1.165) is 22.3 Å². The summed E-state index contributed by atoms with van der Waals surface area (Å²) in [7, 11) is 0.132. The van der Waals surface area contributed by atoms with Crippen LogP contribution in [0.15, 0.2) is 153 Å². The Kier molecular flexibility index (Phi) is 14.9. The molecule has 0 unspecified atom stereocenters. The highest BCUT2D eigenvalue weighted by Gasteiger charge is 2.27. The molecule has 14 nitrogen and oxygen atoms in total. The van der Waals surface area contributed by atoms with Crippen LogP contribution in [0.2, 0.25) is 0 Å². The van der Waals surface area contributed by atoms with Crippen molar-refractivity contribution in [3.63, 3.8) is 0 Å². The van der Waals surface area contributed by atoms with E-state index in [1.807, 2.05) is 48.5 Å². The van der Waals surface area contributed by atoms with Gasteiger partial charge in [0.25, 0.3) is 0 Å². The summed E-state index contributed by atoms with van der Waals surface area (Å²) in [6.07, 6.45) is 2.55. The zero-order valence-electron chi connectivity index (χ0n) is 33.3. The van der Waals surface area contributed by atoms with E-state index in [2.05, 4.69) is 4.98 Å². The van der Waals surface area contributed by atoms with Gasteiger partial charge in [0.1, 0.15) is 23.0 Å². The van der Waals surface area contributed by atoms with Gasteiger partial charge in [0, 0.05) is 57.8 Å². The average molecular weight is 843 g/mol. The number of aromatic nitrogens is 2. The normalized spacial score (nSPS) is 11.4. The number of pyridine rings is 2. The van der Waals surface area contributed by atoms with E-state index in [-0.39, 0.29) is 47.1 Å². The highest BCUT2D eigenvalue weighted by atomic mass is 32.2. The molecule has 0 radical (unpaired) electrons. The fourth-order valence-corrected chi connectivity index (χ4v) is 8.62. The molecule has 6 aromatic rings. The van der Waals surface area contributed by atoms with Crippen molar-refractivity contribution in [3.05, 3.63) is 177 Å². The zero-order chi connectivity index (χ0) is 42.6. The lowest BCUT2D eigenvalue weighted by Crippen LogP contribution is -2.31. The first kappa shape index (κ1) is 43.9. The van der Waals surface area contributed by atoms with E-state index in [9.17, 15) is 26.4 Å². The third-order valence-electron chi connectivity index (χ3n) is 9.16. The monoisotopic (exact) mass is 842 g/mol. The summed E-state index contributed by atoms with van der Waals surface area (Å²) in [5.74, 6) is 2.78. The quantitative estimate of drug-likeness (QED) is 0.130. The van der Waals surface area contributed by atoms with E-state index in [1.54, 1.807) is 77.0 Å². The van der Waals surface area contributed by atoms with Gasteiger partial charge in [-0.3, -0.25) is 9.59 Å². The summed E-state index contributed by atoms with van der Waals surface area (Å²) in [6, 6.07) is 34.0. The molecule has 0 aliphatic heterocycles. The number of hydrogen-bond donors (Lipinski definition) is 1. The lowest BCUT2D eigenvalue weighted by molar-refractivity contribution is 0.397. The van der Waals surface area contributed by atoms with Crippen LogP contribution in [0.3, 0.4) is 0 Å². The maximum absolute atomic E-state index is 13.4. The fraction of sp³-hybridized carbons (Fsp3) is 0.209. The minimum atomic E-state index is -3.86. The third kappa shape index (κ3) is 11.7.